The smallest absolute Gasteiger partial charge is 0.326 e. The maximum absolute atomic E-state index is 12.4. The van der Waals surface area contributed by atoms with E-state index in [0.29, 0.717) is 25.1 Å². The van der Waals surface area contributed by atoms with Crippen molar-refractivity contribution in [3.63, 3.8) is 0 Å². The highest BCUT2D eigenvalue weighted by Gasteiger charge is 2.29. The number of rotatable bonds is 13. The number of carboxylic acids is 1. The van der Waals surface area contributed by atoms with Crippen LogP contribution >= 0.6 is 11.8 Å². The van der Waals surface area contributed by atoms with Gasteiger partial charge in [0.1, 0.15) is 12.1 Å². The van der Waals surface area contributed by atoms with Gasteiger partial charge in [-0.15, -0.1) is 0 Å². The summed E-state index contributed by atoms with van der Waals surface area (Å²) in [6.07, 6.45) is 4.30. The van der Waals surface area contributed by atoms with Crippen LogP contribution in [-0.4, -0.2) is 59.6 Å². The van der Waals surface area contributed by atoms with Crippen molar-refractivity contribution in [2.45, 2.75) is 57.7 Å². The van der Waals surface area contributed by atoms with Crippen LogP contribution in [0.3, 0.4) is 0 Å². The SMILES string of the molecule is CSCCC(NC(=O)C(N)CCCCN)C(=O)NC(C(=O)O)C(C)C. The van der Waals surface area contributed by atoms with E-state index in [2.05, 4.69) is 10.6 Å². The molecule has 0 aliphatic carbocycles. The molecule has 7 N–H and O–H groups in total. The predicted octanol–water partition coefficient (Wildman–Crippen LogP) is -0.0940. The van der Waals surface area contributed by atoms with Gasteiger partial charge in [-0.1, -0.05) is 20.3 Å². The Balaban J connectivity index is 4.83. The lowest BCUT2D eigenvalue weighted by Crippen LogP contribution is -2.55. The van der Waals surface area contributed by atoms with Gasteiger partial charge in [0, 0.05) is 0 Å². The van der Waals surface area contributed by atoms with Crippen molar-refractivity contribution in [2.75, 3.05) is 18.6 Å². The van der Waals surface area contributed by atoms with E-state index in [9.17, 15) is 19.5 Å². The van der Waals surface area contributed by atoms with Crippen LogP contribution < -0.4 is 22.1 Å². The average Bonchev–Trinajstić information content (AvgIpc) is 2.55. The fourth-order valence-electron chi connectivity index (χ4n) is 2.19. The molecule has 2 amide bonds. The second-order valence-corrected chi connectivity index (χ2v) is 7.29. The minimum Gasteiger partial charge on any atom is -0.480 e. The maximum Gasteiger partial charge on any atom is 0.326 e. The quantitative estimate of drug-likeness (QED) is 0.282. The lowest BCUT2D eigenvalue weighted by atomic mass is 10.0. The lowest BCUT2D eigenvalue weighted by molar-refractivity contribution is -0.143. The largest absolute Gasteiger partial charge is 0.480 e. The number of nitrogens with one attached hydrogen (secondary N) is 2. The molecule has 25 heavy (non-hydrogen) atoms. The van der Waals surface area contributed by atoms with Gasteiger partial charge in [0.2, 0.25) is 11.8 Å². The molecule has 8 nitrogen and oxygen atoms in total. The number of nitrogens with two attached hydrogens (primary N) is 2. The summed E-state index contributed by atoms with van der Waals surface area (Å²) in [6, 6.07) is -2.52. The van der Waals surface area contributed by atoms with Crippen molar-refractivity contribution in [1.82, 2.24) is 10.6 Å². The van der Waals surface area contributed by atoms with Crippen LogP contribution in [0.25, 0.3) is 0 Å². The molecule has 0 saturated carbocycles. The van der Waals surface area contributed by atoms with Crippen LogP contribution in [0.2, 0.25) is 0 Å². The first-order chi connectivity index (χ1) is 11.7. The average molecular weight is 377 g/mol. The molecule has 0 radical (unpaired) electrons. The normalized spacial score (nSPS) is 14.6. The van der Waals surface area contributed by atoms with E-state index in [1.807, 2.05) is 6.26 Å². The fourth-order valence-corrected chi connectivity index (χ4v) is 2.66. The molecule has 0 fully saturated rings. The summed E-state index contributed by atoms with van der Waals surface area (Å²) >= 11 is 1.54. The van der Waals surface area contributed by atoms with Crippen molar-refractivity contribution in [3.8, 4) is 0 Å². The topological polar surface area (TPSA) is 148 Å². The second kappa shape index (κ2) is 13.0. The van der Waals surface area contributed by atoms with Crippen molar-refractivity contribution in [3.05, 3.63) is 0 Å². The van der Waals surface area contributed by atoms with E-state index in [4.69, 9.17) is 11.5 Å². The van der Waals surface area contributed by atoms with Crippen LogP contribution in [0.5, 0.6) is 0 Å². The van der Waals surface area contributed by atoms with E-state index < -0.39 is 35.9 Å². The van der Waals surface area contributed by atoms with Gasteiger partial charge in [0.05, 0.1) is 6.04 Å². The zero-order valence-electron chi connectivity index (χ0n) is 15.3. The summed E-state index contributed by atoms with van der Waals surface area (Å²) < 4.78 is 0. The fraction of sp³-hybridized carbons (Fsp3) is 0.812. The third-order valence-corrected chi connectivity index (χ3v) is 4.42. The van der Waals surface area contributed by atoms with Crippen molar-refractivity contribution in [2.24, 2.45) is 17.4 Å². The molecule has 9 heteroatoms. The third kappa shape index (κ3) is 9.66. The molecule has 0 heterocycles. The zero-order chi connectivity index (χ0) is 19.4. The number of carbonyl (C=O) groups is 3. The highest BCUT2D eigenvalue weighted by atomic mass is 32.2. The molecule has 0 aromatic heterocycles. The lowest BCUT2D eigenvalue weighted by Gasteiger charge is -2.24. The Morgan fingerprint density at radius 2 is 1.72 bits per heavy atom. The minimum absolute atomic E-state index is 0.267. The molecule has 146 valence electrons. The van der Waals surface area contributed by atoms with E-state index in [1.54, 1.807) is 13.8 Å². The molecule has 0 rings (SSSR count). The summed E-state index contributed by atoms with van der Waals surface area (Å²) in [5, 5.41) is 14.4. The first-order valence-corrected chi connectivity index (χ1v) is 9.92. The Hall–Kier alpha value is -1.32. The molecule has 0 aromatic rings. The van der Waals surface area contributed by atoms with Crippen LogP contribution in [0, 0.1) is 5.92 Å². The maximum atomic E-state index is 12.4. The van der Waals surface area contributed by atoms with Gasteiger partial charge in [-0.2, -0.15) is 11.8 Å². The van der Waals surface area contributed by atoms with Crippen LogP contribution in [0.4, 0.5) is 0 Å². The molecule has 3 unspecified atom stereocenters. The molecule has 0 bridgehead atoms. The first kappa shape index (κ1) is 23.7. The number of aliphatic carboxylic acids is 1. The molecule has 0 spiro atoms. The van der Waals surface area contributed by atoms with Gasteiger partial charge in [0.25, 0.3) is 0 Å². The van der Waals surface area contributed by atoms with Crippen LogP contribution in [0.1, 0.15) is 39.5 Å². The van der Waals surface area contributed by atoms with E-state index in [0.717, 1.165) is 12.8 Å². The highest BCUT2D eigenvalue weighted by molar-refractivity contribution is 7.98. The number of unbranched alkanes of at least 4 members (excludes halogenated alkanes) is 1. The summed E-state index contributed by atoms with van der Waals surface area (Å²) in [5.74, 6) is -1.62. The summed E-state index contributed by atoms with van der Waals surface area (Å²) in [6.45, 7) is 3.96. The number of amides is 2. The van der Waals surface area contributed by atoms with Gasteiger partial charge in [-0.05, 0) is 43.7 Å². The minimum atomic E-state index is -1.10. The number of carbonyl (C=O) groups excluding carboxylic acids is 2. The monoisotopic (exact) mass is 376 g/mol. The Kier molecular flexibility index (Phi) is 12.3. The summed E-state index contributed by atoms with van der Waals surface area (Å²) in [7, 11) is 0. The molecule has 3 atom stereocenters. The molecule has 0 saturated heterocycles. The van der Waals surface area contributed by atoms with Crippen molar-refractivity contribution < 1.29 is 19.5 Å². The van der Waals surface area contributed by atoms with Gasteiger partial charge in [-0.25, -0.2) is 4.79 Å². The Bertz CT molecular complexity index is 434. The zero-order valence-corrected chi connectivity index (χ0v) is 16.1. The summed E-state index contributed by atoms with van der Waals surface area (Å²) in [5.41, 5.74) is 11.3. The molecule has 0 aliphatic rings. The third-order valence-electron chi connectivity index (χ3n) is 3.78. The molecule has 0 aliphatic heterocycles. The predicted molar refractivity (Wildman–Crippen MR) is 100 cm³/mol. The van der Waals surface area contributed by atoms with E-state index >= 15 is 0 Å². The number of hydrogen-bond donors (Lipinski definition) is 5. The van der Waals surface area contributed by atoms with Gasteiger partial charge in [0.15, 0.2) is 0 Å². The van der Waals surface area contributed by atoms with Crippen molar-refractivity contribution in [1.29, 1.82) is 0 Å². The summed E-state index contributed by atoms with van der Waals surface area (Å²) in [4.78, 5) is 35.9. The van der Waals surface area contributed by atoms with E-state index in [-0.39, 0.29) is 5.92 Å². The molecule has 0 aromatic carbocycles. The molecular formula is C16H32N4O4S. The number of carboxylic acid groups (broad SMARTS) is 1. The van der Waals surface area contributed by atoms with Crippen LogP contribution in [0.15, 0.2) is 0 Å². The second-order valence-electron chi connectivity index (χ2n) is 6.30. The number of hydrogen-bond acceptors (Lipinski definition) is 6. The van der Waals surface area contributed by atoms with Crippen molar-refractivity contribution >= 4 is 29.5 Å². The van der Waals surface area contributed by atoms with E-state index in [1.165, 1.54) is 11.8 Å². The van der Waals surface area contributed by atoms with Gasteiger partial charge < -0.3 is 27.2 Å². The Labute approximate surface area is 153 Å². The first-order valence-electron chi connectivity index (χ1n) is 8.52. The Morgan fingerprint density at radius 3 is 2.20 bits per heavy atom. The van der Waals surface area contributed by atoms with Crippen LogP contribution in [-0.2, 0) is 14.4 Å². The van der Waals surface area contributed by atoms with Gasteiger partial charge in [-0.3, -0.25) is 9.59 Å². The highest BCUT2D eigenvalue weighted by Crippen LogP contribution is 2.06. The molecular weight excluding hydrogens is 344 g/mol. The Morgan fingerprint density at radius 1 is 1.08 bits per heavy atom. The van der Waals surface area contributed by atoms with Gasteiger partial charge >= 0.3 is 5.97 Å². The number of thioether (sulfide) groups is 1. The standard InChI is InChI=1S/C16H32N4O4S/c1-10(2)13(16(23)24)20-15(22)12(7-9-25-3)19-14(21)11(18)6-4-5-8-17/h10-13H,4-9,17-18H2,1-3H3,(H,19,21)(H,20,22)(H,23,24).